The highest BCUT2D eigenvalue weighted by Crippen LogP contribution is 2.13. The third-order valence-corrected chi connectivity index (χ3v) is 4.65. The van der Waals surface area contributed by atoms with Gasteiger partial charge in [0.05, 0.1) is 0 Å². The molecule has 0 spiro atoms. The fourth-order valence-electron chi connectivity index (χ4n) is 2.83. The number of ketones is 1. The van der Waals surface area contributed by atoms with E-state index in [1.807, 2.05) is 6.07 Å². The van der Waals surface area contributed by atoms with Crippen LogP contribution in [-0.2, 0) is 11.2 Å². The summed E-state index contributed by atoms with van der Waals surface area (Å²) in [5.74, 6) is -1.75. The lowest BCUT2D eigenvalue weighted by atomic mass is 9.99. The number of hydrogen-bond acceptors (Lipinski definition) is 3. The molecule has 0 unspecified atom stereocenters. The van der Waals surface area contributed by atoms with Crippen molar-refractivity contribution in [2.45, 2.75) is 12.5 Å². The van der Waals surface area contributed by atoms with Gasteiger partial charge in [0.2, 0.25) is 0 Å². The van der Waals surface area contributed by atoms with Crippen LogP contribution in [0, 0.1) is 0 Å². The van der Waals surface area contributed by atoms with E-state index in [-0.39, 0.29) is 12.2 Å². The van der Waals surface area contributed by atoms with E-state index in [1.54, 1.807) is 60.7 Å². The molecular formula is C23H18ClNO4. The average molecular weight is 408 g/mol. The first-order valence-corrected chi connectivity index (χ1v) is 9.30. The van der Waals surface area contributed by atoms with Crippen molar-refractivity contribution in [3.63, 3.8) is 0 Å². The van der Waals surface area contributed by atoms with Crippen molar-refractivity contribution in [3.05, 3.63) is 106 Å². The molecule has 0 bridgehead atoms. The molecule has 29 heavy (non-hydrogen) atoms. The van der Waals surface area contributed by atoms with Gasteiger partial charge in [-0.2, -0.15) is 0 Å². The Kier molecular flexibility index (Phi) is 6.42. The molecule has 1 atom stereocenters. The molecule has 0 saturated carbocycles. The largest absolute Gasteiger partial charge is 0.480 e. The minimum absolute atomic E-state index is 0.0917. The van der Waals surface area contributed by atoms with Crippen LogP contribution in [-0.4, -0.2) is 28.8 Å². The zero-order valence-electron chi connectivity index (χ0n) is 15.3. The molecule has 3 rings (SSSR count). The number of nitrogens with one attached hydrogen (secondary N) is 1. The number of halogens is 1. The maximum absolute atomic E-state index is 12.5. The molecule has 0 heterocycles. The molecule has 5 nitrogen and oxygen atoms in total. The van der Waals surface area contributed by atoms with Crippen molar-refractivity contribution in [1.82, 2.24) is 5.32 Å². The predicted molar refractivity (Wildman–Crippen MR) is 110 cm³/mol. The van der Waals surface area contributed by atoms with Gasteiger partial charge in [-0.15, -0.1) is 0 Å². The Morgan fingerprint density at radius 2 is 1.34 bits per heavy atom. The van der Waals surface area contributed by atoms with Crippen molar-refractivity contribution < 1.29 is 19.5 Å². The van der Waals surface area contributed by atoms with E-state index >= 15 is 0 Å². The van der Waals surface area contributed by atoms with E-state index in [2.05, 4.69) is 5.32 Å². The number of carboxylic acids is 1. The Bertz CT molecular complexity index is 1020. The van der Waals surface area contributed by atoms with Crippen LogP contribution in [0.25, 0.3) is 0 Å². The Morgan fingerprint density at radius 3 is 1.93 bits per heavy atom. The molecule has 0 aliphatic carbocycles. The highest BCUT2D eigenvalue weighted by Gasteiger charge is 2.21. The van der Waals surface area contributed by atoms with Crippen LogP contribution < -0.4 is 5.32 Å². The molecule has 3 aromatic rings. The molecule has 0 fully saturated rings. The maximum atomic E-state index is 12.5. The number of hydrogen-bond donors (Lipinski definition) is 2. The number of amides is 1. The van der Waals surface area contributed by atoms with E-state index in [0.717, 1.165) is 0 Å². The van der Waals surface area contributed by atoms with Crippen LogP contribution in [0.5, 0.6) is 0 Å². The number of carbonyl (C=O) groups is 3. The van der Waals surface area contributed by atoms with Gasteiger partial charge >= 0.3 is 5.97 Å². The second kappa shape index (κ2) is 9.17. The molecule has 0 aliphatic rings. The Labute approximate surface area is 173 Å². The summed E-state index contributed by atoms with van der Waals surface area (Å²) in [4.78, 5) is 36.3. The van der Waals surface area contributed by atoms with Crippen molar-refractivity contribution in [1.29, 1.82) is 0 Å². The summed E-state index contributed by atoms with van der Waals surface area (Å²) < 4.78 is 0. The van der Waals surface area contributed by atoms with Crippen molar-refractivity contribution in [2.75, 3.05) is 0 Å². The third kappa shape index (κ3) is 5.30. The van der Waals surface area contributed by atoms with Crippen LogP contribution in [0.4, 0.5) is 0 Å². The minimum atomic E-state index is -1.14. The zero-order valence-corrected chi connectivity index (χ0v) is 16.1. The van der Waals surface area contributed by atoms with Gasteiger partial charge in [-0.25, -0.2) is 4.79 Å². The smallest absolute Gasteiger partial charge is 0.326 e. The molecule has 2 N–H and O–H groups in total. The van der Waals surface area contributed by atoms with Gasteiger partial charge in [-0.3, -0.25) is 9.59 Å². The van der Waals surface area contributed by atoms with Gasteiger partial charge in [0.1, 0.15) is 6.04 Å². The Morgan fingerprint density at radius 1 is 0.793 bits per heavy atom. The molecule has 0 aliphatic heterocycles. The topological polar surface area (TPSA) is 83.5 Å². The number of aliphatic carboxylic acids is 1. The quantitative estimate of drug-likeness (QED) is 0.580. The summed E-state index contributed by atoms with van der Waals surface area (Å²) >= 11 is 5.80. The SMILES string of the molecule is O=C(N[C@@H](Cc1ccc(C(=O)c2ccccc2)cc1)C(=O)O)c1ccc(Cl)cc1. The first kappa shape index (κ1) is 20.3. The normalized spacial score (nSPS) is 11.5. The number of carbonyl (C=O) groups excluding carboxylic acids is 2. The summed E-state index contributed by atoms with van der Waals surface area (Å²) in [5, 5.41) is 12.5. The molecule has 0 aromatic heterocycles. The highest BCUT2D eigenvalue weighted by molar-refractivity contribution is 6.30. The van der Waals surface area contributed by atoms with Crippen LogP contribution >= 0.6 is 11.6 Å². The lowest BCUT2D eigenvalue weighted by Gasteiger charge is -2.15. The molecule has 0 saturated heterocycles. The molecule has 1 amide bonds. The van der Waals surface area contributed by atoms with Crippen LogP contribution in [0.1, 0.15) is 31.8 Å². The first-order valence-electron chi connectivity index (χ1n) is 8.92. The van der Waals surface area contributed by atoms with Crippen LogP contribution in [0.2, 0.25) is 5.02 Å². The molecule has 0 radical (unpaired) electrons. The standard InChI is InChI=1S/C23H18ClNO4/c24-19-12-10-18(11-13-19)22(27)25-20(23(28)29)14-15-6-8-17(9-7-15)21(26)16-4-2-1-3-5-16/h1-13,20H,14H2,(H,25,27)(H,28,29)/t20-/m0/s1. The lowest BCUT2D eigenvalue weighted by molar-refractivity contribution is -0.139. The van der Waals surface area contributed by atoms with E-state index in [1.165, 1.54) is 12.1 Å². The van der Waals surface area contributed by atoms with Crippen molar-refractivity contribution >= 4 is 29.3 Å². The average Bonchev–Trinajstić information content (AvgIpc) is 2.74. The number of carboxylic acid groups (broad SMARTS) is 1. The monoisotopic (exact) mass is 407 g/mol. The van der Waals surface area contributed by atoms with E-state index < -0.39 is 17.9 Å². The summed E-state index contributed by atoms with van der Waals surface area (Å²) in [6, 6.07) is 20.7. The second-order valence-electron chi connectivity index (χ2n) is 6.47. The third-order valence-electron chi connectivity index (χ3n) is 4.40. The maximum Gasteiger partial charge on any atom is 0.326 e. The molecular weight excluding hydrogens is 390 g/mol. The van der Waals surface area contributed by atoms with Crippen LogP contribution in [0.15, 0.2) is 78.9 Å². The van der Waals surface area contributed by atoms with E-state index in [4.69, 9.17) is 11.6 Å². The summed E-state index contributed by atoms with van der Waals surface area (Å²) in [6.07, 6.45) is 0.0917. The van der Waals surface area contributed by atoms with Crippen molar-refractivity contribution in [2.24, 2.45) is 0 Å². The van der Waals surface area contributed by atoms with E-state index in [0.29, 0.717) is 27.3 Å². The fraction of sp³-hybridized carbons (Fsp3) is 0.0870. The van der Waals surface area contributed by atoms with Crippen molar-refractivity contribution in [3.8, 4) is 0 Å². The molecule has 3 aromatic carbocycles. The zero-order chi connectivity index (χ0) is 20.8. The predicted octanol–water partition coefficient (Wildman–Crippen LogP) is 4.00. The van der Waals surface area contributed by atoms with E-state index in [9.17, 15) is 19.5 Å². The van der Waals surface area contributed by atoms with Crippen LogP contribution in [0.3, 0.4) is 0 Å². The molecule has 6 heteroatoms. The van der Waals surface area contributed by atoms with Gasteiger partial charge in [0.15, 0.2) is 5.78 Å². The summed E-state index contributed by atoms with van der Waals surface area (Å²) in [6.45, 7) is 0. The van der Waals surface area contributed by atoms with Gasteiger partial charge in [0, 0.05) is 28.1 Å². The Hall–Kier alpha value is -3.44. The Balaban J connectivity index is 1.69. The minimum Gasteiger partial charge on any atom is -0.480 e. The fourth-order valence-corrected chi connectivity index (χ4v) is 2.95. The first-order chi connectivity index (χ1) is 13.9. The van der Waals surface area contributed by atoms with Gasteiger partial charge in [-0.05, 0) is 29.8 Å². The number of benzene rings is 3. The summed E-state index contributed by atoms with van der Waals surface area (Å²) in [7, 11) is 0. The lowest BCUT2D eigenvalue weighted by Crippen LogP contribution is -2.42. The highest BCUT2D eigenvalue weighted by atomic mass is 35.5. The van der Waals surface area contributed by atoms with Gasteiger partial charge < -0.3 is 10.4 Å². The second-order valence-corrected chi connectivity index (χ2v) is 6.90. The summed E-state index contributed by atoms with van der Waals surface area (Å²) in [5.41, 5.74) is 2.11. The molecule has 146 valence electrons. The van der Waals surface area contributed by atoms with Gasteiger partial charge in [0.25, 0.3) is 5.91 Å². The number of rotatable bonds is 7. The van der Waals surface area contributed by atoms with Gasteiger partial charge in [-0.1, -0.05) is 66.2 Å².